The second-order valence-electron chi connectivity index (χ2n) is 4.91. The van der Waals surface area contributed by atoms with Gasteiger partial charge in [-0.2, -0.15) is 21.6 Å². The fourth-order valence-corrected chi connectivity index (χ4v) is 3.61. The lowest BCUT2D eigenvalue weighted by molar-refractivity contribution is -0.0612. The van der Waals surface area contributed by atoms with Gasteiger partial charge in [-0.25, -0.2) is 0 Å². The first-order valence-corrected chi connectivity index (χ1v) is 6.56. The van der Waals surface area contributed by atoms with E-state index in [4.69, 9.17) is 0 Å². The number of fused-ring (bicyclic) bond motifs is 2. The van der Waals surface area contributed by atoms with E-state index in [9.17, 15) is 21.6 Å². The molecule has 2 rings (SSSR count). The van der Waals surface area contributed by atoms with Crippen molar-refractivity contribution in [2.24, 2.45) is 11.3 Å². The van der Waals surface area contributed by atoms with Crippen molar-refractivity contribution in [3.05, 3.63) is 0 Å². The van der Waals surface area contributed by atoms with Gasteiger partial charge in [-0.05, 0) is 37.0 Å². The Hall–Kier alpha value is -0.300. The third-order valence-electron chi connectivity index (χ3n) is 3.80. The molecule has 1 unspecified atom stereocenters. The van der Waals surface area contributed by atoms with Crippen LogP contribution in [-0.2, 0) is 14.3 Å². The second-order valence-corrected chi connectivity index (χ2v) is 6.47. The van der Waals surface area contributed by atoms with Gasteiger partial charge in [0.2, 0.25) is 0 Å². The molecule has 0 aromatic heterocycles. The lowest BCUT2D eigenvalue weighted by Gasteiger charge is -2.26. The van der Waals surface area contributed by atoms with Crippen molar-refractivity contribution in [3.8, 4) is 0 Å². The highest BCUT2D eigenvalue weighted by Crippen LogP contribution is 2.56. The zero-order chi connectivity index (χ0) is 12.2. The highest BCUT2D eigenvalue weighted by molar-refractivity contribution is 7.87. The molecule has 2 aliphatic carbocycles. The van der Waals surface area contributed by atoms with Crippen LogP contribution in [0.3, 0.4) is 0 Å². The molecule has 0 saturated heterocycles. The van der Waals surface area contributed by atoms with Gasteiger partial charge in [0, 0.05) is 0 Å². The molecule has 0 amide bonds. The third-order valence-corrected chi connectivity index (χ3v) is 4.83. The molecular formula is C9H13F3O3S. The normalized spacial score (nSPS) is 39.2. The first kappa shape index (κ1) is 12.2. The van der Waals surface area contributed by atoms with Crippen molar-refractivity contribution < 1.29 is 25.8 Å². The van der Waals surface area contributed by atoms with Crippen LogP contribution in [0.2, 0.25) is 0 Å². The molecule has 2 saturated carbocycles. The SMILES string of the molecule is CC12CCC(CC1)C2OS(=O)(=O)C(F)(F)F. The van der Waals surface area contributed by atoms with E-state index in [0.717, 1.165) is 25.7 Å². The van der Waals surface area contributed by atoms with E-state index in [1.54, 1.807) is 6.92 Å². The van der Waals surface area contributed by atoms with Gasteiger partial charge in [0.05, 0.1) is 6.10 Å². The Kier molecular flexibility index (Phi) is 2.55. The van der Waals surface area contributed by atoms with Gasteiger partial charge in [0.25, 0.3) is 0 Å². The number of hydrogen-bond acceptors (Lipinski definition) is 3. The Labute approximate surface area is 92.1 Å². The highest BCUT2D eigenvalue weighted by atomic mass is 32.2. The van der Waals surface area contributed by atoms with Crippen molar-refractivity contribution in [2.45, 2.75) is 44.2 Å². The number of rotatable bonds is 2. The van der Waals surface area contributed by atoms with Gasteiger partial charge >= 0.3 is 15.6 Å². The number of alkyl halides is 3. The maximum Gasteiger partial charge on any atom is 0.523 e. The Morgan fingerprint density at radius 3 is 2.06 bits per heavy atom. The first-order chi connectivity index (χ1) is 7.16. The average molecular weight is 258 g/mol. The van der Waals surface area contributed by atoms with Crippen LogP contribution in [0.5, 0.6) is 0 Å². The molecule has 0 heterocycles. The molecule has 16 heavy (non-hydrogen) atoms. The van der Waals surface area contributed by atoms with Crippen LogP contribution in [0, 0.1) is 11.3 Å². The van der Waals surface area contributed by atoms with Gasteiger partial charge in [-0.1, -0.05) is 6.92 Å². The molecule has 7 heteroatoms. The van der Waals surface area contributed by atoms with E-state index in [1.807, 2.05) is 0 Å². The monoisotopic (exact) mass is 258 g/mol. The number of halogens is 3. The molecule has 2 bridgehead atoms. The van der Waals surface area contributed by atoms with Crippen molar-refractivity contribution in [1.29, 1.82) is 0 Å². The molecule has 94 valence electrons. The lowest BCUT2D eigenvalue weighted by atomic mass is 9.86. The lowest BCUT2D eigenvalue weighted by Crippen LogP contribution is -2.35. The summed E-state index contributed by atoms with van der Waals surface area (Å²) in [6, 6.07) is 0. The van der Waals surface area contributed by atoms with Crippen molar-refractivity contribution in [1.82, 2.24) is 0 Å². The Morgan fingerprint density at radius 2 is 1.75 bits per heavy atom. The number of hydrogen-bond donors (Lipinski definition) is 0. The van der Waals surface area contributed by atoms with E-state index in [0.29, 0.717) is 0 Å². The molecule has 0 aliphatic heterocycles. The van der Waals surface area contributed by atoms with E-state index >= 15 is 0 Å². The summed E-state index contributed by atoms with van der Waals surface area (Å²) in [6.45, 7) is 1.80. The standard InChI is InChI=1S/C9H13F3O3S/c1-8-4-2-6(3-5-8)7(8)15-16(13,14)9(10,11)12/h6-7H,2-5H2,1H3. The summed E-state index contributed by atoms with van der Waals surface area (Å²) in [5.74, 6) is -0.0397. The Bertz CT molecular complexity index is 379. The van der Waals surface area contributed by atoms with E-state index in [-0.39, 0.29) is 5.92 Å². The van der Waals surface area contributed by atoms with Crippen LogP contribution >= 0.6 is 0 Å². The highest BCUT2D eigenvalue weighted by Gasteiger charge is 2.57. The topological polar surface area (TPSA) is 43.4 Å². The average Bonchev–Trinajstić information content (AvgIpc) is 2.56. The van der Waals surface area contributed by atoms with Gasteiger partial charge in [-0.15, -0.1) is 0 Å². The minimum atomic E-state index is -5.45. The quantitative estimate of drug-likeness (QED) is 0.564. The van der Waals surface area contributed by atoms with Crippen LogP contribution in [0.4, 0.5) is 13.2 Å². The zero-order valence-electron chi connectivity index (χ0n) is 8.75. The summed E-state index contributed by atoms with van der Waals surface area (Å²) >= 11 is 0. The predicted octanol–water partition coefficient (Wildman–Crippen LogP) is 2.43. The Balaban J connectivity index is 2.18. The summed E-state index contributed by atoms with van der Waals surface area (Å²) in [5.41, 5.74) is -5.71. The Morgan fingerprint density at radius 1 is 1.25 bits per heavy atom. The molecule has 0 aromatic rings. The zero-order valence-corrected chi connectivity index (χ0v) is 9.57. The smallest absolute Gasteiger partial charge is 0.259 e. The largest absolute Gasteiger partial charge is 0.523 e. The summed E-state index contributed by atoms with van der Waals surface area (Å²) < 4.78 is 62.8. The van der Waals surface area contributed by atoms with Crippen molar-refractivity contribution >= 4 is 10.1 Å². The maximum atomic E-state index is 12.2. The molecule has 2 aliphatic rings. The van der Waals surface area contributed by atoms with Crippen molar-refractivity contribution in [3.63, 3.8) is 0 Å². The van der Waals surface area contributed by atoms with Crippen LogP contribution in [0.1, 0.15) is 32.6 Å². The fourth-order valence-electron chi connectivity index (χ4n) is 2.84. The molecular weight excluding hydrogens is 245 g/mol. The summed E-state index contributed by atoms with van der Waals surface area (Å²) in [5, 5.41) is 0. The van der Waals surface area contributed by atoms with Gasteiger partial charge in [0.1, 0.15) is 0 Å². The first-order valence-electron chi connectivity index (χ1n) is 5.15. The van der Waals surface area contributed by atoms with Crippen LogP contribution in [-0.4, -0.2) is 20.0 Å². The fraction of sp³-hybridized carbons (Fsp3) is 1.00. The van der Waals surface area contributed by atoms with Crippen molar-refractivity contribution in [2.75, 3.05) is 0 Å². The van der Waals surface area contributed by atoms with E-state index in [1.165, 1.54) is 0 Å². The molecule has 0 aromatic carbocycles. The van der Waals surface area contributed by atoms with Gasteiger partial charge in [-0.3, -0.25) is 4.18 Å². The van der Waals surface area contributed by atoms with E-state index < -0.39 is 27.1 Å². The minimum Gasteiger partial charge on any atom is -0.259 e. The molecule has 0 radical (unpaired) electrons. The second kappa shape index (κ2) is 3.35. The van der Waals surface area contributed by atoms with Crippen LogP contribution < -0.4 is 0 Å². The third kappa shape index (κ3) is 1.73. The summed E-state index contributed by atoms with van der Waals surface area (Å²) in [4.78, 5) is 0. The predicted molar refractivity (Wildman–Crippen MR) is 49.9 cm³/mol. The molecule has 0 N–H and O–H groups in total. The molecule has 3 nitrogen and oxygen atoms in total. The minimum absolute atomic E-state index is 0.0397. The van der Waals surface area contributed by atoms with E-state index in [2.05, 4.69) is 4.18 Å². The molecule has 1 atom stereocenters. The molecule has 2 fully saturated rings. The van der Waals surface area contributed by atoms with Crippen LogP contribution in [0.25, 0.3) is 0 Å². The summed E-state index contributed by atoms with van der Waals surface area (Å²) in [6.07, 6.45) is 2.22. The van der Waals surface area contributed by atoms with Crippen LogP contribution in [0.15, 0.2) is 0 Å². The van der Waals surface area contributed by atoms with Gasteiger partial charge in [0.15, 0.2) is 0 Å². The molecule has 0 spiro atoms. The summed E-state index contributed by atoms with van der Waals surface area (Å²) in [7, 11) is -5.45. The maximum absolute atomic E-state index is 12.2. The van der Waals surface area contributed by atoms with Gasteiger partial charge < -0.3 is 0 Å².